The lowest BCUT2D eigenvalue weighted by molar-refractivity contribution is -0.151. The van der Waals surface area contributed by atoms with Crippen molar-refractivity contribution in [2.24, 2.45) is 0 Å². The van der Waals surface area contributed by atoms with E-state index in [1.807, 2.05) is 38.1 Å². The summed E-state index contributed by atoms with van der Waals surface area (Å²) in [6.45, 7) is 6.03. The number of Topliss-reactive ketones (excluding diaryl/α,β-unsaturated/α-hetero) is 1. The number of halogens is 1. The minimum absolute atomic E-state index is 0.0536. The van der Waals surface area contributed by atoms with Gasteiger partial charge in [0.1, 0.15) is 5.92 Å². The molecule has 4 rings (SSSR count). The Labute approximate surface area is 164 Å². The van der Waals surface area contributed by atoms with Crippen molar-refractivity contribution in [1.82, 2.24) is 0 Å². The van der Waals surface area contributed by atoms with E-state index in [1.54, 1.807) is 0 Å². The van der Waals surface area contributed by atoms with Crippen LogP contribution in [0, 0.1) is 20.8 Å². The summed E-state index contributed by atoms with van der Waals surface area (Å²) in [4.78, 5) is 26.0. The zero-order valence-electron chi connectivity index (χ0n) is 15.9. The number of benzene rings is 2. The standard InChI is InChI=1S/C23H23ClO3/c1-13-12-14(2)19(15(3)18(13)16-6-8-17(24)9-7-16)20-21(25)23(27-22(20)26)10-4-5-11-23/h6-9,12,20H,4-5,10-11H2,1-3H3. The van der Waals surface area contributed by atoms with E-state index in [0.717, 1.165) is 46.2 Å². The fourth-order valence-corrected chi connectivity index (χ4v) is 5.05. The molecule has 4 heteroatoms. The van der Waals surface area contributed by atoms with Crippen LogP contribution in [0.15, 0.2) is 30.3 Å². The van der Waals surface area contributed by atoms with Gasteiger partial charge in [0, 0.05) is 5.02 Å². The van der Waals surface area contributed by atoms with E-state index in [0.29, 0.717) is 17.9 Å². The largest absolute Gasteiger partial charge is 0.450 e. The van der Waals surface area contributed by atoms with E-state index in [4.69, 9.17) is 16.3 Å². The smallest absolute Gasteiger partial charge is 0.322 e. The molecule has 140 valence electrons. The molecule has 1 atom stereocenters. The van der Waals surface area contributed by atoms with Crippen LogP contribution in [0.2, 0.25) is 5.02 Å². The fourth-order valence-electron chi connectivity index (χ4n) is 4.92. The SMILES string of the molecule is Cc1cc(C)c(C2C(=O)OC3(CCCC3)C2=O)c(C)c1-c1ccc(Cl)cc1. The maximum atomic E-state index is 13.3. The fraction of sp³-hybridized carbons (Fsp3) is 0.391. The normalized spacial score (nSPS) is 21.1. The Morgan fingerprint density at radius 1 is 1.00 bits per heavy atom. The van der Waals surface area contributed by atoms with Gasteiger partial charge in [0.2, 0.25) is 0 Å². The molecule has 1 saturated heterocycles. The van der Waals surface area contributed by atoms with E-state index >= 15 is 0 Å². The zero-order chi connectivity index (χ0) is 19.3. The Kier molecular flexibility index (Phi) is 4.38. The average molecular weight is 383 g/mol. The van der Waals surface area contributed by atoms with E-state index in [2.05, 4.69) is 13.0 Å². The monoisotopic (exact) mass is 382 g/mol. The lowest BCUT2D eigenvalue weighted by atomic mass is 9.79. The molecule has 1 aliphatic heterocycles. The van der Waals surface area contributed by atoms with Gasteiger partial charge in [0.15, 0.2) is 11.4 Å². The number of rotatable bonds is 2. The van der Waals surface area contributed by atoms with E-state index in [1.165, 1.54) is 0 Å². The topological polar surface area (TPSA) is 43.4 Å². The lowest BCUT2D eigenvalue weighted by Gasteiger charge is -2.21. The van der Waals surface area contributed by atoms with Gasteiger partial charge in [0.05, 0.1) is 0 Å². The number of esters is 1. The first-order valence-corrected chi connectivity index (χ1v) is 9.86. The lowest BCUT2D eigenvalue weighted by Crippen LogP contribution is -2.33. The molecule has 27 heavy (non-hydrogen) atoms. The number of hydrogen-bond donors (Lipinski definition) is 0. The van der Waals surface area contributed by atoms with Crippen LogP contribution in [0.1, 0.15) is 53.9 Å². The molecule has 0 aromatic heterocycles. The van der Waals surface area contributed by atoms with Crippen LogP contribution in [0.3, 0.4) is 0 Å². The molecule has 1 spiro atoms. The van der Waals surface area contributed by atoms with Crippen LogP contribution >= 0.6 is 11.6 Å². The predicted octanol–water partition coefficient (Wildman–Crippen LogP) is 5.45. The van der Waals surface area contributed by atoms with Gasteiger partial charge in [-0.2, -0.15) is 0 Å². The molecular formula is C23H23ClO3. The number of aryl methyl sites for hydroxylation is 2. The molecule has 1 aliphatic carbocycles. The van der Waals surface area contributed by atoms with Crippen LogP contribution in [0.25, 0.3) is 11.1 Å². The van der Waals surface area contributed by atoms with Crippen molar-refractivity contribution in [3.8, 4) is 11.1 Å². The zero-order valence-corrected chi connectivity index (χ0v) is 16.7. The number of hydrogen-bond acceptors (Lipinski definition) is 3. The van der Waals surface area contributed by atoms with Gasteiger partial charge in [-0.3, -0.25) is 9.59 Å². The molecule has 2 aromatic rings. The molecule has 2 aromatic carbocycles. The van der Waals surface area contributed by atoms with Crippen molar-refractivity contribution < 1.29 is 14.3 Å². The molecule has 2 fully saturated rings. The maximum Gasteiger partial charge on any atom is 0.322 e. The summed E-state index contributed by atoms with van der Waals surface area (Å²) in [5.41, 5.74) is 5.07. The minimum Gasteiger partial charge on any atom is -0.450 e. The second kappa shape index (κ2) is 6.49. The Bertz CT molecular complexity index is 937. The van der Waals surface area contributed by atoms with Crippen LogP contribution in [-0.2, 0) is 14.3 Å². The van der Waals surface area contributed by atoms with Crippen LogP contribution in [0.4, 0.5) is 0 Å². The van der Waals surface area contributed by atoms with Crippen LogP contribution in [-0.4, -0.2) is 17.4 Å². The van der Waals surface area contributed by atoms with Crippen molar-refractivity contribution in [2.75, 3.05) is 0 Å². The van der Waals surface area contributed by atoms with Gasteiger partial charge in [-0.05, 0) is 92.0 Å². The van der Waals surface area contributed by atoms with E-state index in [-0.39, 0.29) is 11.8 Å². The van der Waals surface area contributed by atoms with Gasteiger partial charge in [-0.1, -0.05) is 29.8 Å². The number of ketones is 1. The predicted molar refractivity (Wildman–Crippen MR) is 106 cm³/mol. The molecule has 0 bridgehead atoms. The minimum atomic E-state index is -0.883. The summed E-state index contributed by atoms with van der Waals surface area (Å²) >= 11 is 6.04. The maximum absolute atomic E-state index is 13.3. The van der Waals surface area contributed by atoms with Crippen molar-refractivity contribution in [2.45, 2.75) is 58.0 Å². The third-order valence-electron chi connectivity index (χ3n) is 6.11. The van der Waals surface area contributed by atoms with Crippen molar-refractivity contribution in [3.05, 3.63) is 57.6 Å². The third kappa shape index (κ3) is 2.80. The first kappa shape index (κ1) is 18.2. The molecule has 3 nitrogen and oxygen atoms in total. The summed E-state index contributed by atoms with van der Waals surface area (Å²) in [5.74, 6) is -1.25. The molecule has 0 radical (unpaired) electrons. The molecule has 1 heterocycles. The molecule has 0 amide bonds. The Hall–Kier alpha value is -2.13. The van der Waals surface area contributed by atoms with Gasteiger partial charge in [-0.25, -0.2) is 0 Å². The highest BCUT2D eigenvalue weighted by Crippen LogP contribution is 2.47. The summed E-state index contributed by atoms with van der Waals surface area (Å²) in [5, 5.41) is 0.680. The van der Waals surface area contributed by atoms with E-state index < -0.39 is 11.5 Å². The van der Waals surface area contributed by atoms with Crippen LogP contribution in [0.5, 0.6) is 0 Å². The quantitative estimate of drug-likeness (QED) is 0.512. The van der Waals surface area contributed by atoms with Gasteiger partial charge in [0.25, 0.3) is 0 Å². The number of ether oxygens (including phenoxy) is 1. The Balaban J connectivity index is 1.86. The first-order valence-electron chi connectivity index (χ1n) is 9.48. The van der Waals surface area contributed by atoms with Crippen LogP contribution < -0.4 is 0 Å². The molecule has 1 unspecified atom stereocenters. The highest BCUT2D eigenvalue weighted by atomic mass is 35.5. The summed E-state index contributed by atoms with van der Waals surface area (Å²) in [6.07, 6.45) is 3.19. The van der Waals surface area contributed by atoms with E-state index in [9.17, 15) is 9.59 Å². The van der Waals surface area contributed by atoms with Crippen molar-refractivity contribution >= 4 is 23.4 Å². The highest BCUT2D eigenvalue weighted by molar-refractivity contribution is 6.30. The molecular weight excluding hydrogens is 360 g/mol. The summed E-state index contributed by atoms with van der Waals surface area (Å²) in [7, 11) is 0. The Morgan fingerprint density at radius 2 is 1.63 bits per heavy atom. The second-order valence-electron chi connectivity index (χ2n) is 7.85. The number of carbonyl (C=O) groups is 2. The van der Waals surface area contributed by atoms with Gasteiger partial charge < -0.3 is 4.74 Å². The number of carbonyl (C=O) groups excluding carboxylic acids is 2. The van der Waals surface area contributed by atoms with Crippen molar-refractivity contribution in [3.63, 3.8) is 0 Å². The molecule has 0 N–H and O–H groups in total. The highest BCUT2D eigenvalue weighted by Gasteiger charge is 2.57. The second-order valence-corrected chi connectivity index (χ2v) is 8.29. The third-order valence-corrected chi connectivity index (χ3v) is 6.36. The summed E-state index contributed by atoms with van der Waals surface area (Å²) < 4.78 is 5.68. The Morgan fingerprint density at radius 3 is 2.26 bits per heavy atom. The summed E-state index contributed by atoms with van der Waals surface area (Å²) in [6, 6.07) is 9.73. The molecule has 1 saturated carbocycles. The van der Waals surface area contributed by atoms with Gasteiger partial charge in [-0.15, -0.1) is 0 Å². The first-order chi connectivity index (χ1) is 12.8. The van der Waals surface area contributed by atoms with Crippen molar-refractivity contribution in [1.29, 1.82) is 0 Å². The average Bonchev–Trinajstić information content (AvgIpc) is 3.17. The van der Waals surface area contributed by atoms with Gasteiger partial charge >= 0.3 is 5.97 Å². The molecule has 2 aliphatic rings.